The van der Waals surface area contributed by atoms with E-state index in [0.717, 1.165) is 42.9 Å². The Morgan fingerprint density at radius 3 is 2.74 bits per heavy atom. The summed E-state index contributed by atoms with van der Waals surface area (Å²) >= 11 is 0. The van der Waals surface area contributed by atoms with Gasteiger partial charge in [0, 0.05) is 29.5 Å². The van der Waals surface area contributed by atoms with Gasteiger partial charge < -0.3 is 15.0 Å². The first kappa shape index (κ1) is 17.7. The van der Waals surface area contributed by atoms with Crippen molar-refractivity contribution < 1.29 is 4.74 Å². The molecular weight excluding hydrogens is 336 g/mol. The number of anilines is 2. The van der Waals surface area contributed by atoms with Gasteiger partial charge in [-0.05, 0) is 49.6 Å². The number of benzene rings is 2. The number of morpholine rings is 1. The molecule has 1 aromatic heterocycles. The van der Waals surface area contributed by atoms with Gasteiger partial charge in [-0.25, -0.2) is 0 Å². The first-order valence-electron chi connectivity index (χ1n) is 9.54. The molecule has 4 rings (SSSR count). The van der Waals surface area contributed by atoms with Gasteiger partial charge in [0.15, 0.2) is 5.82 Å². The molecule has 0 amide bonds. The minimum absolute atomic E-state index is 0.150. The molecule has 27 heavy (non-hydrogen) atoms. The molecule has 1 fully saturated rings. The van der Waals surface area contributed by atoms with E-state index >= 15 is 0 Å². The van der Waals surface area contributed by atoms with Gasteiger partial charge >= 0.3 is 0 Å². The van der Waals surface area contributed by atoms with Crippen molar-refractivity contribution in [3.8, 4) is 0 Å². The molecule has 1 aliphatic rings. The highest BCUT2D eigenvalue weighted by Gasteiger charge is 2.15. The molecule has 0 saturated carbocycles. The van der Waals surface area contributed by atoms with Crippen LogP contribution in [0.5, 0.6) is 0 Å². The van der Waals surface area contributed by atoms with Crippen LogP contribution in [0.1, 0.15) is 29.7 Å². The molecule has 1 atom stereocenters. The number of hydrogen-bond donors (Lipinski definition) is 1. The highest BCUT2D eigenvalue weighted by atomic mass is 16.5. The second kappa shape index (κ2) is 7.53. The Morgan fingerprint density at radius 1 is 1.11 bits per heavy atom. The number of rotatable bonds is 4. The monoisotopic (exact) mass is 362 g/mol. The smallest absolute Gasteiger partial charge is 0.157 e. The van der Waals surface area contributed by atoms with Crippen LogP contribution >= 0.6 is 0 Å². The van der Waals surface area contributed by atoms with Crippen LogP contribution in [0, 0.1) is 13.8 Å². The van der Waals surface area contributed by atoms with Crippen LogP contribution in [0.25, 0.3) is 10.8 Å². The minimum Gasteiger partial charge on any atom is -0.378 e. The van der Waals surface area contributed by atoms with Crippen molar-refractivity contribution in [2.45, 2.75) is 26.8 Å². The molecule has 0 unspecified atom stereocenters. The van der Waals surface area contributed by atoms with E-state index < -0.39 is 0 Å². The standard InChI is InChI=1S/C22H26N4O/c1-15-5-4-6-20(16(15)2)17(3)24-22-21-13-19(26-9-11-27-12-10-26)8-7-18(21)14-23-25-22/h4-8,13-14,17H,9-12H2,1-3H3,(H,24,25)/t17-/m1/s1. The highest BCUT2D eigenvalue weighted by molar-refractivity contribution is 5.93. The summed E-state index contributed by atoms with van der Waals surface area (Å²) < 4.78 is 5.48. The summed E-state index contributed by atoms with van der Waals surface area (Å²) in [6, 6.07) is 13.1. The molecule has 1 aliphatic heterocycles. The third kappa shape index (κ3) is 3.60. The van der Waals surface area contributed by atoms with Gasteiger partial charge in [-0.2, -0.15) is 5.10 Å². The van der Waals surface area contributed by atoms with Crippen LogP contribution in [0.15, 0.2) is 42.6 Å². The van der Waals surface area contributed by atoms with Gasteiger partial charge in [0.2, 0.25) is 0 Å². The summed E-state index contributed by atoms with van der Waals surface area (Å²) in [6.45, 7) is 9.90. The summed E-state index contributed by atoms with van der Waals surface area (Å²) in [5.74, 6) is 0.830. The van der Waals surface area contributed by atoms with E-state index in [1.165, 1.54) is 22.4 Å². The predicted octanol–water partition coefficient (Wildman–Crippen LogP) is 4.26. The molecule has 0 aliphatic carbocycles. The van der Waals surface area contributed by atoms with Crippen molar-refractivity contribution in [3.05, 3.63) is 59.3 Å². The third-order valence-corrected chi connectivity index (χ3v) is 5.49. The number of ether oxygens (including phenoxy) is 1. The van der Waals surface area contributed by atoms with Crippen molar-refractivity contribution >= 4 is 22.3 Å². The summed E-state index contributed by atoms with van der Waals surface area (Å²) in [5.41, 5.74) is 5.12. The van der Waals surface area contributed by atoms with Crippen LogP contribution in [-0.4, -0.2) is 36.5 Å². The lowest BCUT2D eigenvalue weighted by Gasteiger charge is -2.29. The van der Waals surface area contributed by atoms with Gasteiger partial charge in [0.25, 0.3) is 0 Å². The van der Waals surface area contributed by atoms with E-state index in [0.29, 0.717) is 0 Å². The number of aryl methyl sites for hydroxylation is 1. The van der Waals surface area contributed by atoms with Gasteiger partial charge in [0.05, 0.1) is 25.5 Å². The summed E-state index contributed by atoms with van der Waals surface area (Å²) in [4.78, 5) is 2.36. The van der Waals surface area contributed by atoms with Gasteiger partial charge in [0.1, 0.15) is 0 Å². The van der Waals surface area contributed by atoms with E-state index in [1.807, 2.05) is 6.20 Å². The largest absolute Gasteiger partial charge is 0.378 e. The topological polar surface area (TPSA) is 50.3 Å². The molecule has 0 bridgehead atoms. The number of fused-ring (bicyclic) bond motifs is 1. The van der Waals surface area contributed by atoms with Crippen LogP contribution in [-0.2, 0) is 4.74 Å². The van der Waals surface area contributed by atoms with Crippen LogP contribution in [0.2, 0.25) is 0 Å². The van der Waals surface area contributed by atoms with Crippen molar-refractivity contribution in [1.29, 1.82) is 0 Å². The zero-order valence-corrected chi connectivity index (χ0v) is 16.2. The molecule has 5 nitrogen and oxygen atoms in total. The van der Waals surface area contributed by atoms with E-state index in [-0.39, 0.29) is 6.04 Å². The van der Waals surface area contributed by atoms with Gasteiger partial charge in [-0.3, -0.25) is 0 Å². The van der Waals surface area contributed by atoms with Crippen molar-refractivity contribution in [2.24, 2.45) is 0 Å². The van der Waals surface area contributed by atoms with Crippen LogP contribution in [0.4, 0.5) is 11.5 Å². The molecule has 140 valence electrons. The lowest BCUT2D eigenvalue weighted by Crippen LogP contribution is -2.36. The van der Waals surface area contributed by atoms with Crippen molar-refractivity contribution in [1.82, 2.24) is 10.2 Å². The molecule has 1 saturated heterocycles. The van der Waals surface area contributed by atoms with E-state index in [1.54, 1.807) is 0 Å². The van der Waals surface area contributed by atoms with Crippen molar-refractivity contribution in [2.75, 3.05) is 36.5 Å². The number of aromatic nitrogens is 2. The zero-order chi connectivity index (χ0) is 18.8. The zero-order valence-electron chi connectivity index (χ0n) is 16.2. The molecule has 2 aromatic carbocycles. The molecule has 5 heteroatoms. The first-order chi connectivity index (χ1) is 13.1. The second-order valence-corrected chi connectivity index (χ2v) is 7.22. The molecule has 2 heterocycles. The average molecular weight is 362 g/mol. The SMILES string of the molecule is Cc1cccc([C@@H](C)Nc2nncc3ccc(N4CCOCC4)cc23)c1C. The third-order valence-electron chi connectivity index (χ3n) is 5.49. The van der Waals surface area contributed by atoms with Gasteiger partial charge in [-0.1, -0.05) is 24.3 Å². The predicted molar refractivity (Wildman–Crippen MR) is 111 cm³/mol. The highest BCUT2D eigenvalue weighted by Crippen LogP contribution is 2.30. The Hall–Kier alpha value is -2.66. The molecular formula is C22H26N4O. The van der Waals surface area contributed by atoms with Crippen molar-refractivity contribution in [3.63, 3.8) is 0 Å². The molecule has 0 spiro atoms. The molecule has 0 radical (unpaired) electrons. The Labute approximate surface area is 160 Å². The lowest BCUT2D eigenvalue weighted by molar-refractivity contribution is 0.122. The average Bonchev–Trinajstić information content (AvgIpc) is 2.70. The first-order valence-corrected chi connectivity index (χ1v) is 9.54. The molecule has 1 N–H and O–H groups in total. The van der Waals surface area contributed by atoms with E-state index in [4.69, 9.17) is 4.74 Å². The molecule has 3 aromatic rings. The van der Waals surface area contributed by atoms with E-state index in [9.17, 15) is 0 Å². The maximum atomic E-state index is 5.48. The quantitative estimate of drug-likeness (QED) is 0.752. The Balaban J connectivity index is 1.67. The summed E-state index contributed by atoms with van der Waals surface area (Å²) in [7, 11) is 0. The maximum Gasteiger partial charge on any atom is 0.157 e. The van der Waals surface area contributed by atoms with Gasteiger partial charge in [-0.15, -0.1) is 5.10 Å². The number of nitrogens with zero attached hydrogens (tertiary/aromatic N) is 3. The Bertz CT molecular complexity index is 950. The number of nitrogens with one attached hydrogen (secondary N) is 1. The Morgan fingerprint density at radius 2 is 1.93 bits per heavy atom. The maximum absolute atomic E-state index is 5.48. The number of hydrogen-bond acceptors (Lipinski definition) is 5. The fourth-order valence-electron chi connectivity index (χ4n) is 3.72. The van der Waals surface area contributed by atoms with Crippen LogP contribution < -0.4 is 10.2 Å². The normalized spacial score (nSPS) is 15.7. The van der Waals surface area contributed by atoms with E-state index in [2.05, 4.69) is 77.6 Å². The van der Waals surface area contributed by atoms with Crippen LogP contribution in [0.3, 0.4) is 0 Å². The second-order valence-electron chi connectivity index (χ2n) is 7.22. The fraction of sp³-hybridized carbons (Fsp3) is 0.364. The lowest BCUT2D eigenvalue weighted by atomic mass is 9.98. The Kier molecular flexibility index (Phi) is 4.94. The fourth-order valence-corrected chi connectivity index (χ4v) is 3.72. The summed E-state index contributed by atoms with van der Waals surface area (Å²) in [5, 5.41) is 14.4. The summed E-state index contributed by atoms with van der Waals surface area (Å²) in [6.07, 6.45) is 1.83. The minimum atomic E-state index is 0.150.